The molecule has 0 radical (unpaired) electrons. The molecule has 42 heavy (non-hydrogen) atoms. The van der Waals surface area contributed by atoms with E-state index in [1.807, 2.05) is 85.8 Å². The molecule has 5 aromatic carbocycles. The summed E-state index contributed by atoms with van der Waals surface area (Å²) >= 11 is 0. The van der Waals surface area contributed by atoms with Crippen molar-refractivity contribution < 1.29 is 9.90 Å². The van der Waals surface area contributed by atoms with Crippen molar-refractivity contribution in [1.82, 2.24) is 4.98 Å². The molecule has 210 valence electrons. The third-order valence-corrected chi connectivity index (χ3v) is 8.34. The van der Waals surface area contributed by atoms with E-state index >= 15 is 0 Å². The number of benzene rings is 5. The second kappa shape index (κ2) is 10.8. The van der Waals surface area contributed by atoms with Gasteiger partial charge < -0.3 is 21.1 Å². The summed E-state index contributed by atoms with van der Waals surface area (Å²) in [4.78, 5) is 17.0. The first-order valence-corrected chi connectivity index (χ1v) is 14.2. The Bertz CT molecular complexity index is 1990. The number of aryl methyl sites for hydroxylation is 1. The number of rotatable bonds is 7. The number of nitrogens with two attached hydrogens (primary N) is 1. The van der Waals surface area contributed by atoms with Gasteiger partial charge in [-0.05, 0) is 66.6 Å². The summed E-state index contributed by atoms with van der Waals surface area (Å²) < 4.78 is 0. The minimum absolute atomic E-state index is 0.115. The van der Waals surface area contributed by atoms with Crippen molar-refractivity contribution in [2.45, 2.75) is 39.2 Å². The van der Waals surface area contributed by atoms with Gasteiger partial charge in [0.05, 0.1) is 16.8 Å². The standard InChI is InChI=1S/C35H33N5O2/c1-4-35(36,5-2)23-15-17-24(18-16-23)39-40-32-30-22(14-19-26-25-11-7-9-13-29(25)37-31(26)30)20-27(33(32)41)34(42)38-28-12-8-6-10-21(28)3/h6-20,37,41H,4-5,36H2,1-3H3,(H,38,42). The molecule has 1 aromatic heterocycles. The van der Waals surface area contributed by atoms with Crippen LogP contribution in [-0.4, -0.2) is 16.0 Å². The van der Waals surface area contributed by atoms with E-state index in [-0.39, 0.29) is 17.0 Å². The molecular weight excluding hydrogens is 522 g/mol. The van der Waals surface area contributed by atoms with Gasteiger partial charge in [0, 0.05) is 32.9 Å². The second-order valence-electron chi connectivity index (χ2n) is 10.8. The molecular formula is C35H33N5O2. The zero-order valence-corrected chi connectivity index (χ0v) is 23.9. The monoisotopic (exact) mass is 555 g/mol. The lowest BCUT2D eigenvalue weighted by molar-refractivity contribution is 0.102. The Morgan fingerprint density at radius 3 is 2.36 bits per heavy atom. The van der Waals surface area contributed by atoms with E-state index in [0.717, 1.165) is 51.2 Å². The number of aromatic hydroxyl groups is 1. The van der Waals surface area contributed by atoms with Crippen molar-refractivity contribution in [1.29, 1.82) is 0 Å². The van der Waals surface area contributed by atoms with Crippen LogP contribution in [0.25, 0.3) is 32.6 Å². The molecule has 0 spiro atoms. The first-order chi connectivity index (χ1) is 20.3. The summed E-state index contributed by atoms with van der Waals surface area (Å²) in [7, 11) is 0. The molecule has 0 saturated heterocycles. The molecule has 0 saturated carbocycles. The number of carbonyl (C=O) groups is 1. The van der Waals surface area contributed by atoms with Crippen LogP contribution in [-0.2, 0) is 5.54 Å². The predicted octanol–water partition coefficient (Wildman–Crippen LogP) is 9.13. The lowest BCUT2D eigenvalue weighted by atomic mass is 9.86. The number of fused-ring (bicyclic) bond motifs is 5. The molecule has 5 N–H and O–H groups in total. The van der Waals surface area contributed by atoms with Gasteiger partial charge in [-0.1, -0.05) is 74.5 Å². The normalized spacial score (nSPS) is 12.1. The van der Waals surface area contributed by atoms with Gasteiger partial charge in [0.1, 0.15) is 5.69 Å². The van der Waals surface area contributed by atoms with Crippen molar-refractivity contribution in [3.8, 4) is 5.75 Å². The Morgan fingerprint density at radius 2 is 1.62 bits per heavy atom. The number of nitrogens with zero attached hydrogens (tertiary/aromatic N) is 2. The van der Waals surface area contributed by atoms with Crippen molar-refractivity contribution in [3.63, 3.8) is 0 Å². The molecule has 6 aromatic rings. The van der Waals surface area contributed by atoms with Gasteiger partial charge in [-0.2, -0.15) is 5.11 Å². The smallest absolute Gasteiger partial charge is 0.259 e. The summed E-state index contributed by atoms with van der Waals surface area (Å²) in [5.41, 5.74) is 11.5. The maximum absolute atomic E-state index is 13.5. The number of aromatic nitrogens is 1. The maximum Gasteiger partial charge on any atom is 0.259 e. The van der Waals surface area contributed by atoms with E-state index in [0.29, 0.717) is 16.8 Å². The predicted molar refractivity (Wildman–Crippen MR) is 171 cm³/mol. The van der Waals surface area contributed by atoms with Crippen LogP contribution < -0.4 is 11.1 Å². The maximum atomic E-state index is 13.5. The minimum Gasteiger partial charge on any atom is -0.505 e. The van der Waals surface area contributed by atoms with Gasteiger partial charge in [-0.15, -0.1) is 5.11 Å². The Hall–Kier alpha value is -5.01. The highest BCUT2D eigenvalue weighted by molar-refractivity contribution is 6.22. The van der Waals surface area contributed by atoms with Gasteiger partial charge in [-0.3, -0.25) is 4.79 Å². The highest BCUT2D eigenvalue weighted by Gasteiger charge is 2.23. The topological polar surface area (TPSA) is 116 Å². The quantitative estimate of drug-likeness (QED) is 0.147. The van der Waals surface area contributed by atoms with E-state index in [2.05, 4.69) is 40.4 Å². The van der Waals surface area contributed by atoms with Crippen molar-refractivity contribution in [2.24, 2.45) is 16.0 Å². The number of azo groups is 1. The number of phenolic OH excluding ortho intramolecular Hbond substituents is 1. The largest absolute Gasteiger partial charge is 0.505 e. The van der Waals surface area contributed by atoms with Crippen LogP contribution in [0.5, 0.6) is 5.75 Å². The molecule has 0 aliphatic heterocycles. The summed E-state index contributed by atoms with van der Waals surface area (Å²) in [5.74, 6) is -0.669. The van der Waals surface area contributed by atoms with E-state index < -0.39 is 11.4 Å². The number of hydrogen-bond acceptors (Lipinski definition) is 5. The zero-order valence-electron chi connectivity index (χ0n) is 23.9. The number of phenols is 1. The first kappa shape index (κ1) is 27.2. The Labute approximate surface area is 244 Å². The number of para-hydroxylation sites is 2. The molecule has 7 nitrogen and oxygen atoms in total. The molecule has 0 unspecified atom stereocenters. The fourth-order valence-corrected chi connectivity index (χ4v) is 5.58. The molecule has 0 bridgehead atoms. The average Bonchev–Trinajstić information content (AvgIpc) is 3.40. The number of hydrogen-bond donors (Lipinski definition) is 4. The number of nitrogens with one attached hydrogen (secondary N) is 2. The van der Waals surface area contributed by atoms with E-state index in [9.17, 15) is 9.90 Å². The van der Waals surface area contributed by atoms with Crippen molar-refractivity contribution in [3.05, 3.63) is 108 Å². The molecule has 1 amide bonds. The van der Waals surface area contributed by atoms with Crippen LogP contribution in [0.1, 0.15) is 48.2 Å². The lowest BCUT2D eigenvalue weighted by Gasteiger charge is -2.27. The van der Waals surface area contributed by atoms with Crippen molar-refractivity contribution in [2.75, 3.05) is 5.32 Å². The minimum atomic E-state index is -0.431. The van der Waals surface area contributed by atoms with Gasteiger partial charge in [-0.25, -0.2) is 0 Å². The fraction of sp³-hybridized carbons (Fsp3) is 0.171. The number of aromatic amines is 1. The number of amides is 1. The summed E-state index contributed by atoms with van der Waals surface area (Å²) in [5, 5.41) is 27.1. The van der Waals surface area contributed by atoms with Crippen LogP contribution in [0.15, 0.2) is 101 Å². The van der Waals surface area contributed by atoms with Crippen LogP contribution in [0.3, 0.4) is 0 Å². The van der Waals surface area contributed by atoms with E-state index in [1.54, 1.807) is 6.07 Å². The van der Waals surface area contributed by atoms with Crippen molar-refractivity contribution >= 4 is 55.5 Å². The van der Waals surface area contributed by atoms with Crippen LogP contribution in [0.4, 0.5) is 17.1 Å². The Kier molecular flexibility index (Phi) is 6.96. The van der Waals surface area contributed by atoms with E-state index in [4.69, 9.17) is 5.73 Å². The Morgan fingerprint density at radius 1 is 0.905 bits per heavy atom. The summed E-state index contributed by atoms with van der Waals surface area (Å²) in [6.45, 7) is 6.08. The van der Waals surface area contributed by atoms with Crippen LogP contribution in [0, 0.1) is 6.92 Å². The molecule has 0 fully saturated rings. The summed E-state index contributed by atoms with van der Waals surface area (Å²) in [6.07, 6.45) is 1.64. The highest BCUT2D eigenvalue weighted by atomic mass is 16.3. The number of H-pyrrole nitrogens is 1. The molecule has 0 aliphatic carbocycles. The zero-order chi connectivity index (χ0) is 29.4. The highest BCUT2D eigenvalue weighted by Crippen LogP contribution is 2.44. The van der Waals surface area contributed by atoms with Crippen LogP contribution in [0.2, 0.25) is 0 Å². The molecule has 0 aliphatic rings. The van der Waals surface area contributed by atoms with E-state index in [1.165, 1.54) is 0 Å². The molecule has 6 rings (SSSR count). The Balaban J connectivity index is 1.51. The molecule has 0 atom stereocenters. The lowest BCUT2D eigenvalue weighted by Crippen LogP contribution is -2.34. The van der Waals surface area contributed by atoms with Gasteiger partial charge >= 0.3 is 0 Å². The first-order valence-electron chi connectivity index (χ1n) is 14.2. The second-order valence-corrected chi connectivity index (χ2v) is 10.8. The molecule has 7 heteroatoms. The van der Waals surface area contributed by atoms with Gasteiger partial charge in [0.15, 0.2) is 5.75 Å². The van der Waals surface area contributed by atoms with Gasteiger partial charge in [0.2, 0.25) is 0 Å². The third kappa shape index (κ3) is 4.67. The molecule has 1 heterocycles. The third-order valence-electron chi connectivity index (χ3n) is 8.34. The number of carbonyl (C=O) groups excluding carboxylic acids is 1. The number of anilines is 1. The van der Waals surface area contributed by atoms with Crippen LogP contribution >= 0.6 is 0 Å². The fourth-order valence-electron chi connectivity index (χ4n) is 5.58. The SMILES string of the molecule is CCC(N)(CC)c1ccc(N=Nc2c(O)c(C(=O)Nc3ccccc3C)cc3ccc4c5ccccc5[nH]c4c23)cc1. The average molecular weight is 556 g/mol. The van der Waals surface area contributed by atoms with Gasteiger partial charge in [0.25, 0.3) is 5.91 Å². The summed E-state index contributed by atoms with van der Waals surface area (Å²) in [6, 6.07) is 28.9.